The molecule has 0 atom stereocenters. The Hall–Kier alpha value is -2.17. The first kappa shape index (κ1) is 15.2. The minimum atomic E-state index is -0.0207. The van der Waals surface area contributed by atoms with Crippen LogP contribution in [0.3, 0.4) is 0 Å². The number of benzene rings is 1. The van der Waals surface area contributed by atoms with Gasteiger partial charge < -0.3 is 19.9 Å². The van der Waals surface area contributed by atoms with Gasteiger partial charge in [-0.1, -0.05) is 18.2 Å². The first-order chi connectivity index (χ1) is 10.3. The molecule has 1 saturated heterocycles. The molecule has 0 aromatic heterocycles. The molecular weight excluding hydrogens is 266 g/mol. The van der Waals surface area contributed by atoms with Gasteiger partial charge in [-0.2, -0.15) is 0 Å². The number of ether oxygens (including phenoxy) is 1. The lowest BCUT2D eigenvalue weighted by atomic mass is 10.2. The molecule has 1 heterocycles. The molecule has 0 aliphatic carbocycles. The molecule has 1 aromatic rings. The average molecular weight is 289 g/mol. The molecular formula is C16H23N3O2. The molecule has 1 aromatic carbocycles. The first-order valence-corrected chi connectivity index (χ1v) is 7.36. The highest BCUT2D eigenvalue weighted by molar-refractivity contribution is 5.74. The van der Waals surface area contributed by atoms with Crippen LogP contribution >= 0.6 is 0 Å². The molecule has 114 valence electrons. The van der Waals surface area contributed by atoms with E-state index in [0.717, 1.165) is 24.5 Å². The van der Waals surface area contributed by atoms with E-state index in [9.17, 15) is 4.79 Å². The van der Waals surface area contributed by atoms with Crippen molar-refractivity contribution in [2.75, 3.05) is 44.2 Å². The molecule has 2 amide bonds. The maximum absolute atomic E-state index is 11.9. The number of piperazine rings is 1. The van der Waals surface area contributed by atoms with Crippen LogP contribution in [-0.2, 0) is 0 Å². The molecule has 1 aliphatic heterocycles. The molecule has 1 fully saturated rings. The maximum Gasteiger partial charge on any atom is 0.317 e. The monoisotopic (exact) mass is 289 g/mol. The van der Waals surface area contributed by atoms with E-state index in [2.05, 4.69) is 22.9 Å². The lowest BCUT2D eigenvalue weighted by Gasteiger charge is -2.36. The average Bonchev–Trinajstić information content (AvgIpc) is 2.53. The van der Waals surface area contributed by atoms with Crippen molar-refractivity contribution in [3.63, 3.8) is 0 Å². The molecule has 5 heteroatoms. The van der Waals surface area contributed by atoms with E-state index in [0.29, 0.717) is 26.2 Å². The second-order valence-electron chi connectivity index (χ2n) is 4.85. The summed E-state index contributed by atoms with van der Waals surface area (Å²) >= 11 is 0. The van der Waals surface area contributed by atoms with Crippen molar-refractivity contribution >= 4 is 11.7 Å². The van der Waals surface area contributed by atoms with Gasteiger partial charge in [0.05, 0.1) is 12.3 Å². The van der Waals surface area contributed by atoms with Crippen molar-refractivity contribution < 1.29 is 9.53 Å². The number of rotatable bonds is 5. The highest BCUT2D eigenvalue weighted by atomic mass is 16.5. The first-order valence-electron chi connectivity index (χ1n) is 7.36. The predicted molar refractivity (Wildman–Crippen MR) is 85.0 cm³/mol. The Morgan fingerprint density at radius 1 is 1.33 bits per heavy atom. The summed E-state index contributed by atoms with van der Waals surface area (Å²) in [5, 5.41) is 2.81. The Morgan fingerprint density at radius 2 is 2.05 bits per heavy atom. The molecule has 0 unspecified atom stereocenters. The highest BCUT2D eigenvalue weighted by Crippen LogP contribution is 2.28. The Morgan fingerprint density at radius 3 is 2.71 bits per heavy atom. The second-order valence-corrected chi connectivity index (χ2v) is 4.85. The molecule has 5 nitrogen and oxygen atoms in total. The van der Waals surface area contributed by atoms with Gasteiger partial charge in [0.1, 0.15) is 5.75 Å². The fourth-order valence-corrected chi connectivity index (χ4v) is 2.42. The Kier molecular flexibility index (Phi) is 5.49. The van der Waals surface area contributed by atoms with Gasteiger partial charge >= 0.3 is 6.03 Å². The summed E-state index contributed by atoms with van der Waals surface area (Å²) in [5.74, 6) is 0.907. The number of carbonyl (C=O) groups is 1. The number of nitrogens with zero attached hydrogens (tertiary/aromatic N) is 2. The Labute approximate surface area is 126 Å². The smallest absolute Gasteiger partial charge is 0.317 e. The summed E-state index contributed by atoms with van der Waals surface area (Å²) < 4.78 is 5.67. The number of carbonyl (C=O) groups excluding carboxylic acids is 1. The van der Waals surface area contributed by atoms with Crippen molar-refractivity contribution in [2.24, 2.45) is 0 Å². The summed E-state index contributed by atoms with van der Waals surface area (Å²) in [7, 11) is 0. The fraction of sp³-hybridized carbons (Fsp3) is 0.438. The van der Waals surface area contributed by atoms with Crippen molar-refractivity contribution in [2.45, 2.75) is 6.92 Å². The number of urea groups is 1. The van der Waals surface area contributed by atoms with E-state index in [1.807, 2.05) is 30.0 Å². The normalized spacial score (nSPS) is 14.7. The van der Waals surface area contributed by atoms with Crippen LogP contribution < -0.4 is 15.0 Å². The molecule has 0 radical (unpaired) electrons. The third-order valence-corrected chi connectivity index (χ3v) is 3.47. The number of amides is 2. The van der Waals surface area contributed by atoms with E-state index in [-0.39, 0.29) is 6.03 Å². The minimum absolute atomic E-state index is 0.0207. The third kappa shape index (κ3) is 3.90. The van der Waals surface area contributed by atoms with Crippen LogP contribution in [0.25, 0.3) is 0 Å². The van der Waals surface area contributed by atoms with Crippen molar-refractivity contribution in [1.82, 2.24) is 10.2 Å². The summed E-state index contributed by atoms with van der Waals surface area (Å²) in [4.78, 5) is 16.0. The van der Waals surface area contributed by atoms with Crippen molar-refractivity contribution in [3.05, 3.63) is 36.9 Å². The minimum Gasteiger partial charge on any atom is -0.492 e. The number of nitrogens with one attached hydrogen (secondary N) is 1. The van der Waals surface area contributed by atoms with Gasteiger partial charge in [0.25, 0.3) is 0 Å². The van der Waals surface area contributed by atoms with Crippen LogP contribution in [0.2, 0.25) is 0 Å². The maximum atomic E-state index is 11.9. The summed E-state index contributed by atoms with van der Waals surface area (Å²) in [6.45, 7) is 9.79. The van der Waals surface area contributed by atoms with E-state index < -0.39 is 0 Å². The fourth-order valence-electron chi connectivity index (χ4n) is 2.42. The van der Waals surface area contributed by atoms with Gasteiger partial charge in [-0.25, -0.2) is 4.79 Å². The molecule has 0 bridgehead atoms. The Bertz CT molecular complexity index is 482. The molecule has 0 saturated carbocycles. The van der Waals surface area contributed by atoms with E-state index in [4.69, 9.17) is 4.74 Å². The van der Waals surface area contributed by atoms with Crippen molar-refractivity contribution in [3.8, 4) is 5.75 Å². The summed E-state index contributed by atoms with van der Waals surface area (Å²) in [6, 6.07) is 8.03. The van der Waals surface area contributed by atoms with Gasteiger partial charge in [0.15, 0.2) is 0 Å². The largest absolute Gasteiger partial charge is 0.492 e. The topological polar surface area (TPSA) is 44.8 Å². The number of hydrogen-bond donors (Lipinski definition) is 1. The third-order valence-electron chi connectivity index (χ3n) is 3.47. The van der Waals surface area contributed by atoms with Crippen LogP contribution in [0.4, 0.5) is 10.5 Å². The molecule has 1 aliphatic rings. The van der Waals surface area contributed by atoms with Gasteiger partial charge in [-0.05, 0) is 19.1 Å². The van der Waals surface area contributed by atoms with E-state index in [1.165, 1.54) is 0 Å². The van der Waals surface area contributed by atoms with Gasteiger partial charge in [-0.15, -0.1) is 6.58 Å². The van der Waals surface area contributed by atoms with Gasteiger partial charge in [0.2, 0.25) is 0 Å². The molecule has 0 spiro atoms. The molecule has 1 N–H and O–H groups in total. The quantitative estimate of drug-likeness (QED) is 0.844. The van der Waals surface area contributed by atoms with Crippen LogP contribution in [0.15, 0.2) is 36.9 Å². The SMILES string of the molecule is C=CCNC(=O)N1CCN(c2ccccc2OCC)CC1. The predicted octanol–water partition coefficient (Wildman–Crippen LogP) is 2.10. The van der Waals surface area contributed by atoms with Crippen molar-refractivity contribution in [1.29, 1.82) is 0 Å². The number of anilines is 1. The zero-order chi connectivity index (χ0) is 15.1. The van der Waals surface area contributed by atoms with Gasteiger partial charge in [-0.3, -0.25) is 0 Å². The standard InChI is InChI=1S/C16H23N3O2/c1-3-9-17-16(20)19-12-10-18(11-13-19)14-7-5-6-8-15(14)21-4-2/h3,5-8H,1,4,9-13H2,2H3,(H,17,20). The highest BCUT2D eigenvalue weighted by Gasteiger charge is 2.22. The summed E-state index contributed by atoms with van der Waals surface area (Å²) in [6.07, 6.45) is 1.69. The molecule has 21 heavy (non-hydrogen) atoms. The van der Waals surface area contributed by atoms with E-state index >= 15 is 0 Å². The number of hydrogen-bond acceptors (Lipinski definition) is 3. The zero-order valence-electron chi connectivity index (χ0n) is 12.5. The van der Waals surface area contributed by atoms with Crippen LogP contribution in [0.5, 0.6) is 5.75 Å². The summed E-state index contributed by atoms with van der Waals surface area (Å²) in [5.41, 5.74) is 1.10. The van der Waals surface area contributed by atoms with Gasteiger partial charge in [0, 0.05) is 32.7 Å². The lowest BCUT2D eigenvalue weighted by Crippen LogP contribution is -2.52. The van der Waals surface area contributed by atoms with E-state index in [1.54, 1.807) is 6.08 Å². The second kappa shape index (κ2) is 7.57. The van der Waals surface area contributed by atoms with Crippen LogP contribution in [0, 0.1) is 0 Å². The lowest BCUT2D eigenvalue weighted by molar-refractivity contribution is 0.195. The zero-order valence-corrected chi connectivity index (χ0v) is 12.5. The van der Waals surface area contributed by atoms with Crippen LogP contribution in [0.1, 0.15) is 6.92 Å². The molecule has 2 rings (SSSR count). The number of para-hydroxylation sites is 2. The van der Waals surface area contributed by atoms with Crippen LogP contribution in [-0.4, -0.2) is 50.3 Å². The Balaban J connectivity index is 1.95.